The van der Waals surface area contributed by atoms with Gasteiger partial charge in [0.2, 0.25) is 0 Å². The van der Waals surface area contributed by atoms with Crippen molar-refractivity contribution in [2.75, 3.05) is 39.3 Å². The second-order valence-corrected chi connectivity index (χ2v) is 6.83. The van der Waals surface area contributed by atoms with Crippen molar-refractivity contribution in [2.45, 2.75) is 25.1 Å². The number of piperazine rings is 1. The first-order valence-electron chi connectivity index (χ1n) is 8.96. The smallest absolute Gasteiger partial charge is 0.405 e. The van der Waals surface area contributed by atoms with Gasteiger partial charge < -0.3 is 15.4 Å². The maximum atomic E-state index is 13.3. The number of amides is 1. The van der Waals surface area contributed by atoms with Crippen LogP contribution in [-0.4, -0.2) is 62.4 Å². The molecule has 1 atom stereocenters. The van der Waals surface area contributed by atoms with Crippen molar-refractivity contribution in [1.29, 1.82) is 0 Å². The van der Waals surface area contributed by atoms with Crippen LogP contribution in [0.2, 0.25) is 0 Å². The fourth-order valence-electron chi connectivity index (χ4n) is 2.94. The zero-order valence-electron chi connectivity index (χ0n) is 14.5. The van der Waals surface area contributed by atoms with Crippen molar-refractivity contribution in [3.63, 3.8) is 0 Å². The Bertz CT molecular complexity index is 597. The molecular formula is C18H24F3N3O2. The van der Waals surface area contributed by atoms with E-state index in [0.29, 0.717) is 50.0 Å². The van der Waals surface area contributed by atoms with E-state index in [1.165, 1.54) is 17.7 Å². The van der Waals surface area contributed by atoms with Gasteiger partial charge in [0.15, 0.2) is 0 Å². The van der Waals surface area contributed by atoms with Crippen LogP contribution in [0.4, 0.5) is 13.2 Å². The van der Waals surface area contributed by atoms with E-state index in [2.05, 4.69) is 10.6 Å². The molecule has 0 aromatic heterocycles. The lowest BCUT2D eigenvalue weighted by Gasteiger charge is -2.35. The number of alkyl halides is 3. The van der Waals surface area contributed by atoms with E-state index in [1.807, 2.05) is 0 Å². The van der Waals surface area contributed by atoms with Gasteiger partial charge >= 0.3 is 6.18 Å². The summed E-state index contributed by atoms with van der Waals surface area (Å²) in [6, 6.07) is 4.83. The maximum Gasteiger partial charge on any atom is 0.405 e. The highest BCUT2D eigenvalue weighted by molar-refractivity contribution is 5.94. The molecule has 2 fully saturated rings. The number of halogens is 3. The molecular weight excluding hydrogens is 347 g/mol. The van der Waals surface area contributed by atoms with E-state index in [1.54, 1.807) is 24.3 Å². The molecule has 0 bridgehead atoms. The van der Waals surface area contributed by atoms with Gasteiger partial charge in [0.05, 0.1) is 6.61 Å². The summed E-state index contributed by atoms with van der Waals surface area (Å²) in [4.78, 5) is 13.6. The normalized spacial score (nSPS) is 19.8. The van der Waals surface area contributed by atoms with Crippen LogP contribution in [-0.2, 0) is 0 Å². The third kappa shape index (κ3) is 5.35. The Balaban J connectivity index is 1.53. The summed E-state index contributed by atoms with van der Waals surface area (Å²) in [5, 5.41) is 5.45. The maximum absolute atomic E-state index is 13.3. The van der Waals surface area contributed by atoms with Crippen molar-refractivity contribution in [1.82, 2.24) is 15.5 Å². The van der Waals surface area contributed by atoms with Crippen molar-refractivity contribution >= 4 is 5.91 Å². The SMILES string of the molecule is O=C(NCC(N1CCNCC1)C(F)(F)F)c1ccc(OCC2CC2)cc1. The molecule has 5 nitrogen and oxygen atoms in total. The van der Waals surface area contributed by atoms with Crippen molar-refractivity contribution in [3.8, 4) is 5.75 Å². The van der Waals surface area contributed by atoms with E-state index in [9.17, 15) is 18.0 Å². The molecule has 1 aromatic rings. The molecule has 1 saturated heterocycles. The van der Waals surface area contributed by atoms with Crippen molar-refractivity contribution in [3.05, 3.63) is 29.8 Å². The Hall–Kier alpha value is -1.80. The lowest BCUT2D eigenvalue weighted by Crippen LogP contribution is -2.57. The standard InChI is InChI=1S/C18H24F3N3O2/c19-18(20,21)16(24-9-7-22-8-10-24)11-23-17(25)14-3-5-15(6-4-14)26-12-13-1-2-13/h3-6,13,16,22H,1-2,7-12H2,(H,23,25). The average Bonchev–Trinajstić information content (AvgIpc) is 3.44. The summed E-state index contributed by atoms with van der Waals surface area (Å²) in [5.41, 5.74) is 0.324. The first kappa shape index (κ1) is 19.0. The highest BCUT2D eigenvalue weighted by atomic mass is 19.4. The Morgan fingerprint density at radius 2 is 1.88 bits per heavy atom. The van der Waals surface area contributed by atoms with Crippen LogP contribution in [0.5, 0.6) is 5.75 Å². The predicted octanol–water partition coefficient (Wildman–Crippen LogP) is 2.04. The fourth-order valence-corrected chi connectivity index (χ4v) is 2.94. The molecule has 2 aliphatic rings. The second-order valence-electron chi connectivity index (χ2n) is 6.83. The van der Waals surface area contributed by atoms with Gasteiger partial charge in [0.25, 0.3) is 5.91 Å². The van der Waals surface area contributed by atoms with Crippen LogP contribution < -0.4 is 15.4 Å². The highest BCUT2D eigenvalue weighted by Crippen LogP contribution is 2.29. The number of hydrogen-bond acceptors (Lipinski definition) is 4. The number of nitrogens with one attached hydrogen (secondary N) is 2. The van der Waals surface area contributed by atoms with E-state index in [4.69, 9.17) is 4.74 Å². The monoisotopic (exact) mass is 371 g/mol. The zero-order valence-corrected chi connectivity index (χ0v) is 14.5. The molecule has 1 unspecified atom stereocenters. The first-order chi connectivity index (χ1) is 12.4. The van der Waals surface area contributed by atoms with Crippen molar-refractivity contribution in [2.24, 2.45) is 5.92 Å². The van der Waals surface area contributed by atoms with Crippen LogP contribution in [0.15, 0.2) is 24.3 Å². The van der Waals surface area contributed by atoms with Crippen LogP contribution >= 0.6 is 0 Å². The Kier molecular flexibility index (Phi) is 6.03. The summed E-state index contributed by atoms with van der Waals surface area (Å²) >= 11 is 0. The molecule has 144 valence electrons. The molecule has 26 heavy (non-hydrogen) atoms. The summed E-state index contributed by atoms with van der Waals surface area (Å²) in [7, 11) is 0. The van der Waals surface area contributed by atoms with Gasteiger partial charge in [-0.05, 0) is 43.0 Å². The minimum atomic E-state index is -4.38. The quantitative estimate of drug-likeness (QED) is 0.770. The minimum absolute atomic E-state index is 0.313. The lowest BCUT2D eigenvalue weighted by molar-refractivity contribution is -0.183. The van der Waals surface area contributed by atoms with Crippen LogP contribution in [0.1, 0.15) is 23.2 Å². The van der Waals surface area contributed by atoms with Gasteiger partial charge in [-0.2, -0.15) is 13.2 Å². The number of rotatable bonds is 7. The van der Waals surface area contributed by atoms with E-state index in [0.717, 1.165) is 0 Å². The summed E-state index contributed by atoms with van der Waals surface area (Å²) in [5.74, 6) is 0.785. The van der Waals surface area contributed by atoms with E-state index < -0.39 is 24.7 Å². The third-order valence-electron chi connectivity index (χ3n) is 4.73. The van der Waals surface area contributed by atoms with Crippen molar-refractivity contribution < 1.29 is 22.7 Å². The van der Waals surface area contributed by atoms with E-state index in [-0.39, 0.29) is 0 Å². The Morgan fingerprint density at radius 1 is 1.23 bits per heavy atom. The first-order valence-corrected chi connectivity index (χ1v) is 8.96. The van der Waals surface area contributed by atoms with Gasteiger partial charge in [-0.25, -0.2) is 0 Å². The number of carbonyl (C=O) groups is 1. The van der Waals surface area contributed by atoms with Crippen LogP contribution in [0.3, 0.4) is 0 Å². The van der Waals surface area contributed by atoms with Gasteiger partial charge in [0.1, 0.15) is 11.8 Å². The number of benzene rings is 1. The zero-order chi connectivity index (χ0) is 18.6. The molecule has 2 N–H and O–H groups in total. The number of carbonyl (C=O) groups excluding carboxylic acids is 1. The molecule has 1 aliphatic carbocycles. The van der Waals surface area contributed by atoms with Gasteiger partial charge in [-0.1, -0.05) is 0 Å². The predicted molar refractivity (Wildman–Crippen MR) is 91.3 cm³/mol. The molecule has 0 radical (unpaired) electrons. The van der Waals surface area contributed by atoms with Crippen LogP contribution in [0, 0.1) is 5.92 Å². The highest BCUT2D eigenvalue weighted by Gasteiger charge is 2.43. The molecule has 3 rings (SSSR count). The van der Waals surface area contributed by atoms with Gasteiger partial charge in [-0.3, -0.25) is 9.69 Å². The molecule has 1 heterocycles. The van der Waals surface area contributed by atoms with Crippen LogP contribution in [0.25, 0.3) is 0 Å². The minimum Gasteiger partial charge on any atom is -0.493 e. The molecule has 1 saturated carbocycles. The number of ether oxygens (including phenoxy) is 1. The van der Waals surface area contributed by atoms with Gasteiger partial charge in [-0.15, -0.1) is 0 Å². The summed E-state index contributed by atoms with van der Waals surface area (Å²) in [6.07, 6.45) is -2.01. The number of nitrogens with zero attached hydrogens (tertiary/aromatic N) is 1. The Labute approximate surface area is 150 Å². The fraction of sp³-hybridized carbons (Fsp3) is 0.611. The topological polar surface area (TPSA) is 53.6 Å². The van der Waals surface area contributed by atoms with E-state index >= 15 is 0 Å². The molecule has 0 spiro atoms. The lowest BCUT2D eigenvalue weighted by atomic mass is 10.1. The molecule has 1 amide bonds. The number of hydrogen-bond donors (Lipinski definition) is 2. The molecule has 1 aliphatic heterocycles. The molecule has 1 aromatic carbocycles. The Morgan fingerprint density at radius 3 is 2.46 bits per heavy atom. The average molecular weight is 371 g/mol. The second kappa shape index (κ2) is 8.26. The summed E-state index contributed by atoms with van der Waals surface area (Å²) < 4.78 is 45.6. The largest absolute Gasteiger partial charge is 0.493 e. The molecule has 8 heteroatoms. The summed E-state index contributed by atoms with van der Waals surface area (Å²) in [6.45, 7) is 1.87. The van der Waals surface area contributed by atoms with Gasteiger partial charge in [0, 0.05) is 38.3 Å². The third-order valence-corrected chi connectivity index (χ3v) is 4.73.